The number of aromatic nitrogens is 2. The van der Waals surface area contributed by atoms with Gasteiger partial charge in [-0.15, -0.1) is 0 Å². The molecule has 5 nitrogen and oxygen atoms in total. The third-order valence-corrected chi connectivity index (χ3v) is 2.91. The number of nitrogens with zero attached hydrogens (tertiary/aromatic N) is 1. The molecule has 2 aromatic rings. The highest BCUT2D eigenvalue weighted by atomic mass is 16.3. The Morgan fingerprint density at radius 3 is 2.39 bits per heavy atom. The summed E-state index contributed by atoms with van der Waals surface area (Å²) in [6.07, 6.45) is 0. The average molecular weight is 247 g/mol. The maximum Gasteiger partial charge on any atom is 0.275 e. The fraction of sp³-hybridized carbons (Fsp3) is 0.308. The maximum atomic E-state index is 12.2. The molecule has 0 amide bonds. The van der Waals surface area contributed by atoms with Crippen LogP contribution in [0, 0.1) is 0 Å². The Morgan fingerprint density at radius 2 is 1.94 bits per heavy atom. The van der Waals surface area contributed by atoms with Gasteiger partial charge in [0.1, 0.15) is 5.75 Å². The number of aromatic hydroxyl groups is 1. The van der Waals surface area contributed by atoms with E-state index in [9.17, 15) is 9.90 Å². The van der Waals surface area contributed by atoms with Crippen LogP contribution in [0.25, 0.3) is 5.69 Å². The molecule has 0 fully saturated rings. The lowest BCUT2D eigenvalue weighted by Crippen LogP contribution is -2.19. The number of nitrogens with one attached hydrogen (secondary N) is 1. The summed E-state index contributed by atoms with van der Waals surface area (Å²) in [6, 6.07) is 6.44. The summed E-state index contributed by atoms with van der Waals surface area (Å²) in [4.78, 5) is 12.2. The Balaban J connectivity index is 2.59. The number of aromatic amines is 1. The molecule has 0 unspecified atom stereocenters. The summed E-state index contributed by atoms with van der Waals surface area (Å²) in [5.74, 6) is 0.371. The molecular weight excluding hydrogens is 230 g/mol. The first-order chi connectivity index (χ1) is 8.54. The zero-order chi connectivity index (χ0) is 13.3. The van der Waals surface area contributed by atoms with E-state index >= 15 is 0 Å². The second kappa shape index (κ2) is 4.70. The van der Waals surface area contributed by atoms with Crippen LogP contribution in [0.3, 0.4) is 0 Å². The van der Waals surface area contributed by atoms with Gasteiger partial charge in [0.15, 0.2) is 0 Å². The van der Waals surface area contributed by atoms with E-state index in [1.54, 1.807) is 24.3 Å². The van der Waals surface area contributed by atoms with Crippen LogP contribution in [-0.4, -0.2) is 14.9 Å². The molecule has 1 aromatic heterocycles. The van der Waals surface area contributed by atoms with Crippen molar-refractivity contribution in [2.75, 3.05) is 0 Å². The monoisotopic (exact) mass is 247 g/mol. The summed E-state index contributed by atoms with van der Waals surface area (Å²) in [7, 11) is 0. The van der Waals surface area contributed by atoms with E-state index in [1.165, 1.54) is 4.68 Å². The lowest BCUT2D eigenvalue weighted by molar-refractivity contribution is 0.475. The molecule has 1 heterocycles. The van der Waals surface area contributed by atoms with Crippen molar-refractivity contribution in [1.29, 1.82) is 0 Å². The highest BCUT2D eigenvalue weighted by Crippen LogP contribution is 2.17. The lowest BCUT2D eigenvalue weighted by Gasteiger charge is -2.04. The van der Waals surface area contributed by atoms with Crippen LogP contribution in [0.1, 0.15) is 31.0 Å². The molecule has 1 aromatic carbocycles. The molecule has 0 aliphatic heterocycles. The molecule has 0 radical (unpaired) electrons. The Labute approximate surface area is 105 Å². The molecular formula is C13H17N3O2. The Bertz CT molecular complexity index is 594. The first kappa shape index (κ1) is 12.4. The minimum atomic E-state index is -0.133. The molecule has 0 spiro atoms. The normalized spacial score (nSPS) is 11.1. The number of H-pyrrole nitrogens is 1. The molecule has 0 atom stereocenters. The van der Waals surface area contributed by atoms with E-state index in [0.717, 1.165) is 5.69 Å². The highest BCUT2D eigenvalue weighted by Gasteiger charge is 2.15. The van der Waals surface area contributed by atoms with Gasteiger partial charge in [0.05, 0.1) is 11.3 Å². The summed E-state index contributed by atoms with van der Waals surface area (Å²) < 4.78 is 1.46. The lowest BCUT2D eigenvalue weighted by atomic mass is 10.1. The molecule has 2 rings (SSSR count). The highest BCUT2D eigenvalue weighted by molar-refractivity contribution is 5.37. The largest absolute Gasteiger partial charge is 0.508 e. The van der Waals surface area contributed by atoms with Crippen LogP contribution in [0.4, 0.5) is 0 Å². The zero-order valence-electron chi connectivity index (χ0n) is 10.5. The second-order valence-electron chi connectivity index (χ2n) is 4.52. The van der Waals surface area contributed by atoms with Gasteiger partial charge in [-0.1, -0.05) is 13.8 Å². The summed E-state index contributed by atoms with van der Waals surface area (Å²) >= 11 is 0. The molecule has 0 aliphatic carbocycles. The fourth-order valence-electron chi connectivity index (χ4n) is 1.95. The van der Waals surface area contributed by atoms with Gasteiger partial charge in [-0.25, -0.2) is 4.68 Å². The quantitative estimate of drug-likeness (QED) is 0.767. The van der Waals surface area contributed by atoms with E-state index in [-0.39, 0.29) is 23.8 Å². The number of benzene rings is 1. The third kappa shape index (κ3) is 2.04. The number of phenols is 1. The standard InChI is InChI=1S/C13H17N3O2/c1-8(2)12-11(7-14)13(18)16(15-12)9-3-5-10(17)6-4-9/h3-6,8,15,17H,7,14H2,1-2H3. The first-order valence-electron chi connectivity index (χ1n) is 5.88. The number of hydrogen-bond donors (Lipinski definition) is 3. The van der Waals surface area contributed by atoms with Crippen LogP contribution in [0.5, 0.6) is 5.75 Å². The molecule has 0 bridgehead atoms. The minimum absolute atomic E-state index is 0.133. The number of rotatable bonds is 3. The van der Waals surface area contributed by atoms with Crippen molar-refractivity contribution < 1.29 is 5.11 Å². The van der Waals surface area contributed by atoms with E-state index in [0.29, 0.717) is 11.3 Å². The molecule has 96 valence electrons. The van der Waals surface area contributed by atoms with Crippen LogP contribution >= 0.6 is 0 Å². The molecule has 0 saturated carbocycles. The predicted molar refractivity (Wildman–Crippen MR) is 70.0 cm³/mol. The van der Waals surface area contributed by atoms with Gasteiger partial charge in [0.25, 0.3) is 5.56 Å². The van der Waals surface area contributed by atoms with Crippen molar-refractivity contribution in [2.24, 2.45) is 5.73 Å². The van der Waals surface area contributed by atoms with Gasteiger partial charge in [0, 0.05) is 12.2 Å². The summed E-state index contributed by atoms with van der Waals surface area (Å²) in [5, 5.41) is 12.3. The summed E-state index contributed by atoms with van der Waals surface area (Å²) in [6.45, 7) is 4.23. The van der Waals surface area contributed by atoms with Gasteiger partial charge in [-0.3, -0.25) is 9.89 Å². The van der Waals surface area contributed by atoms with Crippen LogP contribution < -0.4 is 11.3 Å². The number of hydrogen-bond acceptors (Lipinski definition) is 3. The van der Waals surface area contributed by atoms with Crippen LogP contribution in [-0.2, 0) is 6.54 Å². The summed E-state index contributed by atoms with van der Waals surface area (Å²) in [5.41, 5.74) is 7.65. The molecule has 4 N–H and O–H groups in total. The Kier molecular flexibility index (Phi) is 3.25. The van der Waals surface area contributed by atoms with Crippen molar-refractivity contribution in [3.05, 3.63) is 45.9 Å². The Morgan fingerprint density at radius 1 is 1.33 bits per heavy atom. The van der Waals surface area contributed by atoms with Gasteiger partial charge in [-0.05, 0) is 30.2 Å². The van der Waals surface area contributed by atoms with Gasteiger partial charge < -0.3 is 10.8 Å². The van der Waals surface area contributed by atoms with E-state index in [2.05, 4.69) is 5.10 Å². The van der Waals surface area contributed by atoms with Crippen LogP contribution in [0.15, 0.2) is 29.1 Å². The van der Waals surface area contributed by atoms with Gasteiger partial charge >= 0.3 is 0 Å². The minimum Gasteiger partial charge on any atom is -0.508 e. The topological polar surface area (TPSA) is 84.0 Å². The smallest absolute Gasteiger partial charge is 0.275 e. The van der Waals surface area contributed by atoms with Gasteiger partial charge in [-0.2, -0.15) is 0 Å². The van der Waals surface area contributed by atoms with Crippen molar-refractivity contribution in [3.63, 3.8) is 0 Å². The average Bonchev–Trinajstić information content (AvgIpc) is 2.67. The van der Waals surface area contributed by atoms with Crippen molar-refractivity contribution >= 4 is 0 Å². The van der Waals surface area contributed by atoms with E-state index < -0.39 is 0 Å². The molecule has 18 heavy (non-hydrogen) atoms. The predicted octanol–water partition coefficient (Wildman–Crippen LogP) is 1.45. The number of phenolic OH excluding ortho intramolecular Hbond substituents is 1. The van der Waals surface area contributed by atoms with Crippen molar-refractivity contribution in [3.8, 4) is 11.4 Å². The SMILES string of the molecule is CC(C)c1[nH]n(-c2ccc(O)cc2)c(=O)c1CN. The molecule has 0 aliphatic rings. The Hall–Kier alpha value is -2.01. The van der Waals surface area contributed by atoms with Crippen molar-refractivity contribution in [2.45, 2.75) is 26.3 Å². The van der Waals surface area contributed by atoms with Crippen LogP contribution in [0.2, 0.25) is 0 Å². The number of nitrogens with two attached hydrogens (primary N) is 1. The third-order valence-electron chi connectivity index (χ3n) is 2.91. The maximum absolute atomic E-state index is 12.2. The molecule has 5 heteroatoms. The van der Waals surface area contributed by atoms with E-state index in [1.807, 2.05) is 13.8 Å². The fourth-order valence-corrected chi connectivity index (χ4v) is 1.95. The molecule has 0 saturated heterocycles. The van der Waals surface area contributed by atoms with Crippen molar-refractivity contribution in [1.82, 2.24) is 9.78 Å². The van der Waals surface area contributed by atoms with E-state index in [4.69, 9.17) is 5.73 Å². The zero-order valence-corrected chi connectivity index (χ0v) is 10.5. The van der Waals surface area contributed by atoms with Gasteiger partial charge in [0.2, 0.25) is 0 Å². The second-order valence-corrected chi connectivity index (χ2v) is 4.52. The first-order valence-corrected chi connectivity index (χ1v) is 5.88.